The number of nitrogens with zero attached hydrogens (tertiary/aromatic N) is 2. The molecule has 1 fully saturated rings. The van der Waals surface area contributed by atoms with Crippen LogP contribution in [0.2, 0.25) is 0 Å². The maximum Gasteiger partial charge on any atom is 0.210 e. The Morgan fingerprint density at radius 1 is 1.16 bits per heavy atom. The van der Waals surface area contributed by atoms with Gasteiger partial charge in [0, 0.05) is 19.2 Å². The van der Waals surface area contributed by atoms with Gasteiger partial charge >= 0.3 is 0 Å². The first-order chi connectivity index (χ1) is 9.33. The molecule has 0 unspecified atom stereocenters. The third kappa shape index (κ3) is 2.89. The SMILES string of the molecule is Brc1cc(C=Nc2ccccc2)oc1N1CCCC1. The Hall–Kier alpha value is -1.55. The normalized spacial score (nSPS) is 15.5. The lowest BCUT2D eigenvalue weighted by molar-refractivity contribution is 0.549. The standard InChI is InChI=1S/C15H15BrN2O/c16-14-10-13(11-17-12-6-2-1-3-7-12)19-15(14)18-8-4-5-9-18/h1-3,6-7,10-11H,4-5,8-9H2. The van der Waals surface area contributed by atoms with E-state index in [0.29, 0.717) is 0 Å². The lowest BCUT2D eigenvalue weighted by Gasteiger charge is -2.13. The number of para-hydroxylation sites is 1. The molecule has 0 spiro atoms. The Morgan fingerprint density at radius 3 is 2.63 bits per heavy atom. The maximum absolute atomic E-state index is 5.85. The van der Waals surface area contributed by atoms with E-state index in [4.69, 9.17) is 4.42 Å². The van der Waals surface area contributed by atoms with Crippen molar-refractivity contribution in [3.8, 4) is 0 Å². The van der Waals surface area contributed by atoms with E-state index < -0.39 is 0 Å². The number of rotatable bonds is 3. The number of anilines is 1. The third-order valence-corrected chi connectivity index (χ3v) is 3.75. The Bertz CT molecular complexity index is 571. The van der Waals surface area contributed by atoms with Crippen molar-refractivity contribution in [2.24, 2.45) is 4.99 Å². The fraction of sp³-hybridized carbons (Fsp3) is 0.267. The zero-order valence-corrected chi connectivity index (χ0v) is 12.1. The predicted molar refractivity (Wildman–Crippen MR) is 81.6 cm³/mol. The van der Waals surface area contributed by atoms with Gasteiger partial charge in [0.15, 0.2) is 0 Å². The average Bonchev–Trinajstić information content (AvgIpc) is 3.07. The first-order valence-corrected chi connectivity index (χ1v) is 7.25. The minimum atomic E-state index is 0.776. The van der Waals surface area contributed by atoms with E-state index in [0.717, 1.165) is 34.9 Å². The van der Waals surface area contributed by atoms with Gasteiger partial charge in [0.25, 0.3) is 0 Å². The molecule has 2 aromatic rings. The predicted octanol–water partition coefficient (Wildman–Crippen LogP) is 4.39. The molecular weight excluding hydrogens is 304 g/mol. The van der Waals surface area contributed by atoms with E-state index in [2.05, 4.69) is 25.8 Å². The van der Waals surface area contributed by atoms with Crippen LogP contribution in [0, 0.1) is 0 Å². The van der Waals surface area contributed by atoms with Gasteiger partial charge in [-0.2, -0.15) is 0 Å². The number of furan rings is 1. The molecule has 0 radical (unpaired) electrons. The fourth-order valence-electron chi connectivity index (χ4n) is 2.23. The molecule has 1 aromatic carbocycles. The van der Waals surface area contributed by atoms with Crippen LogP contribution in [0.5, 0.6) is 0 Å². The van der Waals surface area contributed by atoms with E-state index >= 15 is 0 Å². The number of hydrogen-bond acceptors (Lipinski definition) is 3. The number of aliphatic imine (C=N–C) groups is 1. The molecule has 3 rings (SSSR count). The van der Waals surface area contributed by atoms with Gasteiger partial charge in [-0.3, -0.25) is 4.99 Å². The molecule has 2 heterocycles. The second kappa shape index (κ2) is 5.61. The van der Waals surface area contributed by atoms with E-state index in [1.807, 2.05) is 36.4 Å². The zero-order chi connectivity index (χ0) is 13.1. The van der Waals surface area contributed by atoms with Crippen molar-refractivity contribution in [2.75, 3.05) is 18.0 Å². The minimum absolute atomic E-state index is 0.776. The molecule has 1 aliphatic rings. The molecule has 3 nitrogen and oxygen atoms in total. The summed E-state index contributed by atoms with van der Waals surface area (Å²) < 4.78 is 6.85. The lowest BCUT2D eigenvalue weighted by atomic mass is 10.3. The first-order valence-electron chi connectivity index (χ1n) is 6.46. The summed E-state index contributed by atoms with van der Waals surface area (Å²) in [6, 6.07) is 11.8. The molecule has 4 heteroatoms. The highest BCUT2D eigenvalue weighted by Crippen LogP contribution is 2.32. The van der Waals surface area contributed by atoms with E-state index in [-0.39, 0.29) is 0 Å². The summed E-state index contributed by atoms with van der Waals surface area (Å²) in [5.74, 6) is 1.70. The van der Waals surface area contributed by atoms with Gasteiger partial charge < -0.3 is 9.32 Å². The molecular formula is C15H15BrN2O. The van der Waals surface area contributed by atoms with Crippen LogP contribution in [-0.4, -0.2) is 19.3 Å². The van der Waals surface area contributed by atoms with Crippen molar-refractivity contribution in [3.63, 3.8) is 0 Å². The summed E-state index contributed by atoms with van der Waals surface area (Å²) in [5.41, 5.74) is 0.928. The van der Waals surface area contributed by atoms with Crippen molar-refractivity contribution in [1.29, 1.82) is 0 Å². The monoisotopic (exact) mass is 318 g/mol. The van der Waals surface area contributed by atoms with Gasteiger partial charge in [0.05, 0.1) is 16.4 Å². The van der Waals surface area contributed by atoms with Crippen molar-refractivity contribution >= 4 is 33.7 Å². The van der Waals surface area contributed by atoms with E-state index in [1.165, 1.54) is 12.8 Å². The highest BCUT2D eigenvalue weighted by Gasteiger charge is 2.19. The Kier molecular flexibility index (Phi) is 3.69. The Balaban J connectivity index is 1.79. The smallest absolute Gasteiger partial charge is 0.210 e. The van der Waals surface area contributed by atoms with E-state index in [9.17, 15) is 0 Å². The highest BCUT2D eigenvalue weighted by molar-refractivity contribution is 9.10. The summed E-state index contributed by atoms with van der Waals surface area (Å²) in [6.07, 6.45) is 4.24. The van der Waals surface area contributed by atoms with Crippen LogP contribution >= 0.6 is 15.9 Å². The van der Waals surface area contributed by atoms with Crippen molar-refractivity contribution in [1.82, 2.24) is 0 Å². The van der Waals surface area contributed by atoms with Crippen LogP contribution < -0.4 is 4.90 Å². The van der Waals surface area contributed by atoms with Crippen LogP contribution in [0.15, 0.2) is 50.3 Å². The quantitative estimate of drug-likeness (QED) is 0.785. The largest absolute Gasteiger partial charge is 0.438 e. The van der Waals surface area contributed by atoms with Crippen molar-refractivity contribution in [2.45, 2.75) is 12.8 Å². The summed E-state index contributed by atoms with van der Waals surface area (Å²) >= 11 is 3.56. The summed E-state index contributed by atoms with van der Waals surface area (Å²) in [7, 11) is 0. The maximum atomic E-state index is 5.85. The Labute approximate surface area is 121 Å². The molecule has 98 valence electrons. The summed E-state index contributed by atoms with van der Waals surface area (Å²) in [4.78, 5) is 6.67. The molecule has 19 heavy (non-hydrogen) atoms. The topological polar surface area (TPSA) is 28.7 Å². The third-order valence-electron chi connectivity index (χ3n) is 3.18. The number of benzene rings is 1. The van der Waals surface area contributed by atoms with Gasteiger partial charge in [-0.25, -0.2) is 0 Å². The molecule has 0 amide bonds. The fourth-order valence-corrected chi connectivity index (χ4v) is 2.79. The van der Waals surface area contributed by atoms with E-state index in [1.54, 1.807) is 6.21 Å². The van der Waals surface area contributed by atoms with Crippen LogP contribution in [0.4, 0.5) is 11.6 Å². The second-order valence-corrected chi connectivity index (χ2v) is 5.44. The average molecular weight is 319 g/mol. The molecule has 1 aromatic heterocycles. The number of halogens is 1. The summed E-state index contributed by atoms with van der Waals surface area (Å²) in [6.45, 7) is 2.14. The van der Waals surface area contributed by atoms with Crippen LogP contribution in [0.25, 0.3) is 0 Å². The van der Waals surface area contributed by atoms with Gasteiger partial charge in [0.2, 0.25) is 5.88 Å². The van der Waals surface area contributed by atoms with Crippen molar-refractivity contribution < 1.29 is 4.42 Å². The number of hydrogen-bond donors (Lipinski definition) is 0. The van der Waals surface area contributed by atoms with Gasteiger partial charge in [0.1, 0.15) is 5.76 Å². The van der Waals surface area contributed by atoms with Crippen LogP contribution in [0.1, 0.15) is 18.6 Å². The molecule has 0 N–H and O–H groups in total. The zero-order valence-electron chi connectivity index (χ0n) is 10.6. The highest BCUT2D eigenvalue weighted by atomic mass is 79.9. The molecule has 0 saturated carbocycles. The molecule has 1 saturated heterocycles. The first kappa shape index (κ1) is 12.5. The van der Waals surface area contributed by atoms with Crippen LogP contribution in [-0.2, 0) is 0 Å². The Morgan fingerprint density at radius 2 is 1.89 bits per heavy atom. The molecule has 0 bridgehead atoms. The minimum Gasteiger partial charge on any atom is -0.438 e. The van der Waals surface area contributed by atoms with Gasteiger partial charge in [-0.05, 0) is 40.9 Å². The molecule has 0 atom stereocenters. The van der Waals surface area contributed by atoms with Gasteiger partial charge in [-0.15, -0.1) is 0 Å². The lowest BCUT2D eigenvalue weighted by Crippen LogP contribution is -2.17. The molecule has 0 aliphatic carbocycles. The van der Waals surface area contributed by atoms with Gasteiger partial charge in [-0.1, -0.05) is 18.2 Å². The van der Waals surface area contributed by atoms with Crippen LogP contribution in [0.3, 0.4) is 0 Å². The molecule has 1 aliphatic heterocycles. The summed E-state index contributed by atoms with van der Waals surface area (Å²) in [5, 5.41) is 0. The van der Waals surface area contributed by atoms with Crippen molar-refractivity contribution in [3.05, 3.63) is 46.6 Å². The second-order valence-electron chi connectivity index (χ2n) is 4.59.